The molecule has 2 aromatic carbocycles. The lowest BCUT2D eigenvalue weighted by atomic mass is 9.76. The molecule has 9 heteroatoms. The number of fused-ring (bicyclic) bond motifs is 1. The number of unbranched alkanes of at least 4 members (excludes halogenated alkanes) is 1. The minimum absolute atomic E-state index is 0.0331. The maximum Gasteiger partial charge on any atom is 0.394 e. The summed E-state index contributed by atoms with van der Waals surface area (Å²) in [5, 5.41) is 0.691. The summed E-state index contributed by atoms with van der Waals surface area (Å²) in [4.78, 5) is 4.70. The zero-order valence-corrected chi connectivity index (χ0v) is 24.5. The third-order valence-corrected chi connectivity index (χ3v) is 7.97. The fourth-order valence-electron chi connectivity index (χ4n) is 4.91. The summed E-state index contributed by atoms with van der Waals surface area (Å²) in [5.74, 6) is 5.39. The number of aryl methyl sites for hydroxylation is 1. The lowest BCUT2D eigenvalue weighted by Gasteiger charge is -2.34. The number of ether oxygens (including phenoxy) is 1. The molecule has 0 spiro atoms. The second kappa shape index (κ2) is 13.2. The molecular formula is C34H34F6N2O. The average molecular weight is 601 g/mol. The van der Waals surface area contributed by atoms with Gasteiger partial charge in [-0.05, 0) is 79.6 Å². The van der Waals surface area contributed by atoms with E-state index in [9.17, 15) is 26.3 Å². The van der Waals surface area contributed by atoms with Crippen molar-refractivity contribution in [3.05, 3.63) is 77.7 Å². The molecule has 228 valence electrons. The highest BCUT2D eigenvalue weighted by molar-refractivity contribution is 5.96. The van der Waals surface area contributed by atoms with Crippen molar-refractivity contribution in [1.82, 2.24) is 9.55 Å². The number of nitrogens with zero attached hydrogens (tertiary/aromatic N) is 2. The number of halogens is 6. The van der Waals surface area contributed by atoms with E-state index in [4.69, 9.17) is 4.98 Å². The van der Waals surface area contributed by atoms with Crippen molar-refractivity contribution in [3.63, 3.8) is 0 Å². The molecule has 0 aliphatic carbocycles. The quantitative estimate of drug-likeness (QED) is 0.134. The summed E-state index contributed by atoms with van der Waals surface area (Å²) in [6.07, 6.45) is 0.441. The van der Waals surface area contributed by atoms with E-state index >= 15 is 0 Å². The molecule has 0 aliphatic rings. The van der Waals surface area contributed by atoms with Gasteiger partial charge in [-0.3, -0.25) is 4.98 Å². The summed E-state index contributed by atoms with van der Waals surface area (Å²) in [6, 6.07) is 14.1. The average Bonchev–Trinajstić information content (AvgIpc) is 3.26. The van der Waals surface area contributed by atoms with Gasteiger partial charge in [-0.2, -0.15) is 22.0 Å². The van der Waals surface area contributed by atoms with Gasteiger partial charge in [0.15, 0.2) is 0 Å². The topological polar surface area (TPSA) is 27.1 Å². The van der Waals surface area contributed by atoms with E-state index < -0.39 is 29.9 Å². The van der Waals surface area contributed by atoms with E-state index in [2.05, 4.69) is 16.6 Å². The first-order valence-electron chi connectivity index (χ1n) is 14.2. The number of hydrogen-bond donors (Lipinski definition) is 0. The highest BCUT2D eigenvalue weighted by Crippen LogP contribution is 2.45. The van der Waals surface area contributed by atoms with Crippen LogP contribution in [0.5, 0.6) is 5.75 Å². The summed E-state index contributed by atoms with van der Waals surface area (Å²) in [6.45, 7) is 3.10. The zero-order chi connectivity index (χ0) is 31.4. The van der Waals surface area contributed by atoms with Crippen molar-refractivity contribution in [2.45, 2.75) is 72.6 Å². The largest absolute Gasteiger partial charge is 0.435 e. The maximum atomic E-state index is 13.9. The number of rotatable bonds is 10. The van der Waals surface area contributed by atoms with Gasteiger partial charge in [0.1, 0.15) is 11.6 Å². The Balaban J connectivity index is 1.76. The Morgan fingerprint density at radius 1 is 1.00 bits per heavy atom. The van der Waals surface area contributed by atoms with Crippen molar-refractivity contribution < 1.29 is 31.1 Å². The third-order valence-electron chi connectivity index (χ3n) is 7.97. The molecule has 0 aliphatic heterocycles. The Hall–Kier alpha value is -3.93. The molecule has 2 aromatic heterocycles. The Kier molecular flexibility index (Phi) is 9.79. The Morgan fingerprint density at radius 3 is 2.33 bits per heavy atom. The van der Waals surface area contributed by atoms with Crippen LogP contribution in [0.2, 0.25) is 0 Å². The van der Waals surface area contributed by atoms with E-state index in [1.54, 1.807) is 35.9 Å². The van der Waals surface area contributed by atoms with Gasteiger partial charge in [-0.15, -0.1) is 0 Å². The first kappa shape index (κ1) is 32.0. The molecule has 0 amide bonds. The maximum absolute atomic E-state index is 13.9. The van der Waals surface area contributed by atoms with Crippen LogP contribution in [0.3, 0.4) is 0 Å². The molecule has 0 saturated carbocycles. The van der Waals surface area contributed by atoms with Crippen molar-refractivity contribution in [2.24, 2.45) is 11.3 Å². The van der Waals surface area contributed by atoms with E-state index in [0.717, 1.165) is 12.0 Å². The molecule has 43 heavy (non-hydrogen) atoms. The number of pyridine rings is 1. The standard InChI is InChI=1S/C34H34F6N2O/c1-5-6-7-11-28-27-18-17-26(43-32(36)37)20-30(27)42(25-15-13-24(35)14-16-25)31(28)29-19-12-23(21-41-29)10-8-9-22(2)33(3,4)34(38,39)40/h12-22,32H,5-6,8-10H2,1-4H3. The minimum atomic E-state index is -4.28. The van der Waals surface area contributed by atoms with E-state index in [1.807, 2.05) is 19.1 Å². The fourth-order valence-corrected chi connectivity index (χ4v) is 4.91. The molecule has 0 bridgehead atoms. The molecule has 1 unspecified atom stereocenters. The van der Waals surface area contributed by atoms with Gasteiger partial charge in [0.05, 0.1) is 27.9 Å². The molecular weight excluding hydrogens is 566 g/mol. The van der Waals surface area contributed by atoms with Gasteiger partial charge in [0.25, 0.3) is 0 Å². The molecule has 3 nitrogen and oxygen atoms in total. The van der Waals surface area contributed by atoms with Crippen molar-refractivity contribution in [1.29, 1.82) is 0 Å². The summed E-state index contributed by atoms with van der Waals surface area (Å²) < 4.78 is 86.7. The predicted octanol–water partition coefficient (Wildman–Crippen LogP) is 10.1. The highest BCUT2D eigenvalue weighted by atomic mass is 19.4. The van der Waals surface area contributed by atoms with Crippen LogP contribution in [0, 0.1) is 29.0 Å². The molecule has 4 rings (SSSR count). The first-order chi connectivity index (χ1) is 20.3. The van der Waals surface area contributed by atoms with Crippen LogP contribution in [-0.4, -0.2) is 22.3 Å². The molecule has 0 radical (unpaired) electrons. The molecule has 1 atom stereocenters. The highest BCUT2D eigenvalue weighted by Gasteiger charge is 2.50. The van der Waals surface area contributed by atoms with Gasteiger partial charge >= 0.3 is 12.8 Å². The van der Waals surface area contributed by atoms with Gasteiger partial charge in [0, 0.05) is 29.8 Å². The SMILES string of the molecule is CCCC#Cc1c(-c2ccc(CCCC(C)C(C)(C)C(F)(F)F)cn2)n(-c2ccc(F)cc2)c2cc(OC(F)F)ccc12. The Morgan fingerprint density at radius 2 is 1.72 bits per heavy atom. The van der Waals surface area contributed by atoms with Crippen LogP contribution >= 0.6 is 0 Å². The Labute approximate surface area is 247 Å². The molecule has 2 heterocycles. The second-order valence-corrected chi connectivity index (χ2v) is 11.2. The predicted molar refractivity (Wildman–Crippen MR) is 157 cm³/mol. The van der Waals surface area contributed by atoms with Gasteiger partial charge in [0.2, 0.25) is 0 Å². The van der Waals surface area contributed by atoms with Gasteiger partial charge in [-0.1, -0.05) is 45.6 Å². The molecule has 4 aromatic rings. The lowest BCUT2D eigenvalue weighted by molar-refractivity contribution is -0.228. The van der Waals surface area contributed by atoms with E-state index in [0.29, 0.717) is 59.2 Å². The summed E-state index contributed by atoms with van der Waals surface area (Å²) in [5.41, 5.74) is 1.99. The van der Waals surface area contributed by atoms with E-state index in [-0.39, 0.29) is 5.75 Å². The summed E-state index contributed by atoms with van der Waals surface area (Å²) in [7, 11) is 0. The van der Waals surface area contributed by atoms with Crippen molar-refractivity contribution >= 4 is 10.9 Å². The van der Waals surface area contributed by atoms with Crippen LogP contribution in [0.15, 0.2) is 60.8 Å². The minimum Gasteiger partial charge on any atom is -0.435 e. The molecule has 0 fully saturated rings. The Bertz CT molecular complexity index is 1590. The number of aromatic nitrogens is 2. The van der Waals surface area contributed by atoms with Crippen LogP contribution in [-0.2, 0) is 6.42 Å². The lowest BCUT2D eigenvalue weighted by Crippen LogP contribution is -2.38. The second-order valence-electron chi connectivity index (χ2n) is 11.2. The third kappa shape index (κ3) is 7.18. The van der Waals surface area contributed by atoms with Crippen molar-refractivity contribution in [3.8, 4) is 34.7 Å². The van der Waals surface area contributed by atoms with E-state index in [1.165, 1.54) is 38.1 Å². The monoisotopic (exact) mass is 600 g/mol. The smallest absolute Gasteiger partial charge is 0.394 e. The zero-order valence-electron chi connectivity index (χ0n) is 24.5. The van der Waals surface area contributed by atoms with Crippen LogP contribution in [0.4, 0.5) is 26.3 Å². The summed E-state index contributed by atoms with van der Waals surface area (Å²) >= 11 is 0. The number of benzene rings is 2. The fraction of sp³-hybridized carbons (Fsp3) is 0.382. The van der Waals surface area contributed by atoms with Crippen LogP contribution in [0.25, 0.3) is 28.0 Å². The van der Waals surface area contributed by atoms with Crippen LogP contribution < -0.4 is 4.74 Å². The first-order valence-corrected chi connectivity index (χ1v) is 14.2. The van der Waals surface area contributed by atoms with Gasteiger partial charge < -0.3 is 9.30 Å². The molecule has 0 saturated heterocycles. The normalized spacial score (nSPS) is 12.8. The number of alkyl halides is 5. The van der Waals surface area contributed by atoms with Crippen molar-refractivity contribution in [2.75, 3.05) is 0 Å². The van der Waals surface area contributed by atoms with Gasteiger partial charge in [-0.25, -0.2) is 4.39 Å². The van der Waals surface area contributed by atoms with Crippen LogP contribution in [0.1, 0.15) is 64.5 Å². The molecule has 0 N–H and O–H groups in total. The number of hydrogen-bond acceptors (Lipinski definition) is 2.